The summed E-state index contributed by atoms with van der Waals surface area (Å²) in [6.45, 7) is 7.72. The van der Waals surface area contributed by atoms with Crippen LogP contribution in [0.3, 0.4) is 0 Å². The van der Waals surface area contributed by atoms with Crippen LogP contribution in [0.1, 0.15) is 26.6 Å². The highest BCUT2D eigenvalue weighted by molar-refractivity contribution is 14.0. The highest BCUT2D eigenvalue weighted by atomic mass is 127. The molecule has 0 radical (unpaired) electrons. The Morgan fingerprint density at radius 1 is 1.43 bits per heavy atom. The Morgan fingerprint density at radius 3 is 2.52 bits per heavy atom. The lowest BCUT2D eigenvalue weighted by atomic mass is 9.89. The topological polar surface area (TPSA) is 76.4 Å². The van der Waals surface area contributed by atoms with Crippen LogP contribution in [0.25, 0.3) is 0 Å². The summed E-state index contributed by atoms with van der Waals surface area (Å²) in [5, 5.41) is 14.3. The number of aliphatic imine (C=N–C) groups is 1. The fourth-order valence-electron chi connectivity index (χ4n) is 1.78. The SMILES string of the molecule is CN=C(NCc1nncn1C)NCC(OC)C(C)(C)C.I. The molecule has 21 heavy (non-hydrogen) atoms. The van der Waals surface area contributed by atoms with Gasteiger partial charge in [-0.15, -0.1) is 34.2 Å². The molecule has 0 saturated carbocycles. The number of aryl methyl sites for hydroxylation is 1. The van der Waals surface area contributed by atoms with Gasteiger partial charge in [-0.1, -0.05) is 20.8 Å². The number of guanidine groups is 1. The van der Waals surface area contributed by atoms with Crippen LogP contribution >= 0.6 is 24.0 Å². The van der Waals surface area contributed by atoms with Crippen molar-refractivity contribution in [3.05, 3.63) is 12.2 Å². The van der Waals surface area contributed by atoms with E-state index in [1.54, 1.807) is 20.5 Å². The van der Waals surface area contributed by atoms with Crippen LogP contribution in [0.2, 0.25) is 0 Å². The van der Waals surface area contributed by atoms with Crippen molar-refractivity contribution in [2.75, 3.05) is 20.7 Å². The van der Waals surface area contributed by atoms with Crippen LogP contribution in [0.4, 0.5) is 0 Å². The monoisotopic (exact) mass is 410 g/mol. The van der Waals surface area contributed by atoms with E-state index in [1.807, 2.05) is 11.6 Å². The molecule has 1 unspecified atom stereocenters. The fourth-order valence-corrected chi connectivity index (χ4v) is 1.78. The standard InChI is InChI=1S/C13H26N6O.HI/c1-13(2,3)10(20-6)7-15-12(14-4)16-8-11-18-17-9-19(11)5;/h9-10H,7-8H2,1-6H3,(H2,14,15,16);1H. The first-order valence-electron chi connectivity index (χ1n) is 6.68. The van der Waals surface area contributed by atoms with Crippen molar-refractivity contribution in [1.82, 2.24) is 25.4 Å². The fraction of sp³-hybridized carbons (Fsp3) is 0.769. The molecule has 0 spiro atoms. The van der Waals surface area contributed by atoms with Gasteiger partial charge in [-0.3, -0.25) is 4.99 Å². The van der Waals surface area contributed by atoms with Gasteiger partial charge in [0.1, 0.15) is 6.33 Å². The summed E-state index contributed by atoms with van der Waals surface area (Å²) in [6, 6.07) is 0. The second kappa shape index (κ2) is 9.19. The molecule has 7 nitrogen and oxygen atoms in total. The number of ether oxygens (including phenoxy) is 1. The number of methoxy groups -OCH3 is 1. The Kier molecular flexibility index (Phi) is 8.79. The molecule has 1 rings (SSSR count). The summed E-state index contributed by atoms with van der Waals surface area (Å²) in [7, 11) is 5.38. The molecule has 1 atom stereocenters. The average Bonchev–Trinajstić information content (AvgIpc) is 2.78. The molecule has 2 N–H and O–H groups in total. The Balaban J connectivity index is 0.00000400. The van der Waals surface area contributed by atoms with Gasteiger partial charge in [0.05, 0.1) is 12.6 Å². The normalized spacial score (nSPS) is 13.5. The zero-order valence-corrected chi connectivity index (χ0v) is 16.0. The van der Waals surface area contributed by atoms with Crippen LogP contribution in [-0.4, -0.2) is 47.5 Å². The molecular weight excluding hydrogens is 383 g/mol. The Bertz CT molecular complexity index is 440. The van der Waals surface area contributed by atoms with Crippen molar-refractivity contribution in [3.8, 4) is 0 Å². The number of aromatic nitrogens is 3. The van der Waals surface area contributed by atoms with E-state index >= 15 is 0 Å². The molecule has 1 heterocycles. The van der Waals surface area contributed by atoms with Gasteiger partial charge in [0.15, 0.2) is 11.8 Å². The van der Waals surface area contributed by atoms with Crippen LogP contribution in [0, 0.1) is 5.41 Å². The Labute approximate surface area is 144 Å². The van der Waals surface area contributed by atoms with Crippen molar-refractivity contribution >= 4 is 29.9 Å². The van der Waals surface area contributed by atoms with Crippen LogP contribution in [0.5, 0.6) is 0 Å². The van der Waals surface area contributed by atoms with Gasteiger partial charge in [-0.2, -0.15) is 0 Å². The molecule has 8 heteroatoms. The van der Waals surface area contributed by atoms with Gasteiger partial charge in [-0.25, -0.2) is 0 Å². The van der Waals surface area contributed by atoms with E-state index in [-0.39, 0.29) is 35.5 Å². The van der Waals surface area contributed by atoms with Gasteiger partial charge in [0.2, 0.25) is 0 Å². The first-order valence-corrected chi connectivity index (χ1v) is 6.68. The van der Waals surface area contributed by atoms with Crippen molar-refractivity contribution < 1.29 is 4.74 Å². The van der Waals surface area contributed by atoms with Crippen molar-refractivity contribution in [2.45, 2.75) is 33.4 Å². The molecule has 0 aromatic carbocycles. The molecule has 0 aliphatic rings. The zero-order chi connectivity index (χ0) is 15.2. The lowest BCUT2D eigenvalue weighted by molar-refractivity contribution is 0.0205. The third-order valence-corrected chi connectivity index (χ3v) is 3.15. The lowest BCUT2D eigenvalue weighted by Gasteiger charge is -2.30. The number of nitrogens with one attached hydrogen (secondary N) is 2. The summed E-state index contributed by atoms with van der Waals surface area (Å²) < 4.78 is 7.38. The predicted octanol–water partition coefficient (Wildman–Crippen LogP) is 1.16. The second-order valence-corrected chi connectivity index (χ2v) is 5.76. The first kappa shape index (κ1) is 20.1. The third-order valence-electron chi connectivity index (χ3n) is 3.15. The molecule has 0 fully saturated rings. The van der Waals surface area contributed by atoms with E-state index in [0.717, 1.165) is 11.8 Å². The third kappa shape index (κ3) is 6.60. The molecule has 0 aliphatic carbocycles. The predicted molar refractivity (Wildman–Crippen MR) is 94.9 cm³/mol. The van der Waals surface area contributed by atoms with E-state index in [2.05, 4.69) is 46.6 Å². The largest absolute Gasteiger partial charge is 0.379 e. The Hall–Kier alpha value is -0.900. The quantitative estimate of drug-likeness (QED) is 0.433. The summed E-state index contributed by atoms with van der Waals surface area (Å²) in [4.78, 5) is 4.19. The van der Waals surface area contributed by atoms with E-state index in [9.17, 15) is 0 Å². The van der Waals surface area contributed by atoms with Gasteiger partial charge in [0.25, 0.3) is 0 Å². The van der Waals surface area contributed by atoms with Crippen molar-refractivity contribution in [2.24, 2.45) is 17.5 Å². The average molecular weight is 410 g/mol. The molecule has 122 valence electrons. The minimum Gasteiger partial charge on any atom is -0.379 e. The number of rotatable bonds is 5. The summed E-state index contributed by atoms with van der Waals surface area (Å²) in [5.41, 5.74) is 0.0736. The van der Waals surface area contributed by atoms with E-state index in [1.165, 1.54) is 0 Å². The molecule has 1 aromatic rings. The van der Waals surface area contributed by atoms with Crippen LogP contribution < -0.4 is 10.6 Å². The van der Waals surface area contributed by atoms with E-state index < -0.39 is 0 Å². The highest BCUT2D eigenvalue weighted by Gasteiger charge is 2.24. The maximum Gasteiger partial charge on any atom is 0.191 e. The highest BCUT2D eigenvalue weighted by Crippen LogP contribution is 2.20. The summed E-state index contributed by atoms with van der Waals surface area (Å²) >= 11 is 0. The zero-order valence-electron chi connectivity index (χ0n) is 13.7. The van der Waals surface area contributed by atoms with Crippen molar-refractivity contribution in [3.63, 3.8) is 0 Å². The maximum absolute atomic E-state index is 5.51. The molecule has 0 amide bonds. The number of halogens is 1. The molecule has 0 saturated heterocycles. The summed E-state index contributed by atoms with van der Waals surface area (Å²) in [6.07, 6.45) is 1.78. The minimum atomic E-state index is 0. The van der Waals surface area contributed by atoms with Gasteiger partial charge >= 0.3 is 0 Å². The second-order valence-electron chi connectivity index (χ2n) is 5.76. The minimum absolute atomic E-state index is 0. The molecule has 0 bridgehead atoms. The van der Waals surface area contributed by atoms with E-state index in [4.69, 9.17) is 4.74 Å². The van der Waals surface area contributed by atoms with Gasteiger partial charge < -0.3 is 19.9 Å². The van der Waals surface area contributed by atoms with Crippen LogP contribution in [-0.2, 0) is 18.3 Å². The number of hydrogen-bond acceptors (Lipinski definition) is 4. The molecular formula is C13H27IN6O. The summed E-state index contributed by atoms with van der Waals surface area (Å²) in [5.74, 6) is 1.58. The lowest BCUT2D eigenvalue weighted by Crippen LogP contribution is -2.45. The molecule has 1 aromatic heterocycles. The van der Waals surface area contributed by atoms with Gasteiger partial charge in [0, 0.05) is 27.7 Å². The van der Waals surface area contributed by atoms with Crippen LogP contribution in [0.15, 0.2) is 11.3 Å². The van der Waals surface area contributed by atoms with Gasteiger partial charge in [-0.05, 0) is 5.41 Å². The Morgan fingerprint density at radius 2 is 2.10 bits per heavy atom. The smallest absolute Gasteiger partial charge is 0.191 e. The molecule has 0 aliphatic heterocycles. The number of hydrogen-bond donors (Lipinski definition) is 2. The van der Waals surface area contributed by atoms with Crippen molar-refractivity contribution in [1.29, 1.82) is 0 Å². The van der Waals surface area contributed by atoms with E-state index in [0.29, 0.717) is 13.1 Å². The maximum atomic E-state index is 5.51. The number of nitrogens with zero attached hydrogens (tertiary/aromatic N) is 4. The first-order chi connectivity index (χ1) is 9.38.